The summed E-state index contributed by atoms with van der Waals surface area (Å²) in [7, 11) is 1.56. The third kappa shape index (κ3) is 4.59. The van der Waals surface area contributed by atoms with Gasteiger partial charge in [0.15, 0.2) is 0 Å². The number of halogens is 1. The number of hydrogen-bond acceptors (Lipinski definition) is 7. The number of thioether (sulfide) groups is 1. The van der Waals surface area contributed by atoms with E-state index in [9.17, 15) is 19.1 Å². The number of aliphatic hydroxyl groups is 1. The molecule has 1 N–H and O–H groups in total. The van der Waals surface area contributed by atoms with Gasteiger partial charge in [-0.05, 0) is 92.0 Å². The molecule has 0 aliphatic heterocycles. The number of carbonyl (C=O) groups excluding carboxylic acids is 2. The van der Waals surface area contributed by atoms with E-state index in [0.717, 1.165) is 48.7 Å². The fourth-order valence-electron chi connectivity index (χ4n) is 8.77. The number of nitrogens with zero attached hydrogens (tertiary/aromatic N) is 2. The molecule has 7 nitrogen and oxygen atoms in total. The molecule has 4 aliphatic carbocycles. The lowest BCUT2D eigenvalue weighted by Gasteiger charge is -2.59. The molecule has 3 saturated carbocycles. The van der Waals surface area contributed by atoms with E-state index >= 15 is 0 Å². The zero-order valence-electron chi connectivity index (χ0n) is 24.2. The highest BCUT2D eigenvalue weighted by Gasteiger charge is 2.63. The number of hydrogen-bond donors (Lipinski definition) is 1. The second kappa shape index (κ2) is 10.7. The van der Waals surface area contributed by atoms with Gasteiger partial charge in [0.2, 0.25) is 5.12 Å². The predicted molar refractivity (Wildman–Crippen MR) is 155 cm³/mol. The van der Waals surface area contributed by atoms with E-state index in [1.54, 1.807) is 23.9 Å². The number of aromatic nitrogens is 2. The van der Waals surface area contributed by atoms with Crippen LogP contribution in [-0.4, -0.2) is 51.2 Å². The first-order valence-electron chi connectivity index (χ1n) is 14.7. The Labute approximate surface area is 244 Å². The number of aliphatic hydroxyl groups excluding tert-OH is 1. The van der Waals surface area contributed by atoms with Crippen LogP contribution in [0.1, 0.15) is 81.0 Å². The molecule has 4 aliphatic rings. The van der Waals surface area contributed by atoms with Crippen LogP contribution in [0, 0.1) is 34.4 Å². The third-order valence-electron chi connectivity index (χ3n) is 10.6. The summed E-state index contributed by atoms with van der Waals surface area (Å²) in [5.41, 5.74) is 3.50. The van der Waals surface area contributed by atoms with Gasteiger partial charge in [-0.2, -0.15) is 5.10 Å². The highest BCUT2D eigenvalue weighted by Crippen LogP contribution is 2.66. The minimum atomic E-state index is -0.549. The lowest BCUT2D eigenvalue weighted by molar-refractivity contribution is -0.169. The summed E-state index contributed by atoms with van der Waals surface area (Å²) in [6, 6.07) is 6.15. The summed E-state index contributed by atoms with van der Waals surface area (Å²) >= 11 is 1.08. The summed E-state index contributed by atoms with van der Waals surface area (Å²) in [6.45, 7) is 6.28. The molecule has 1 heterocycles. The Balaban J connectivity index is 1.39. The molecular weight excluding hydrogens is 543 g/mol. The first-order valence-corrected chi connectivity index (χ1v) is 15.7. The number of allylic oxidation sites excluding steroid dienone is 1. The van der Waals surface area contributed by atoms with E-state index < -0.39 is 6.10 Å². The van der Waals surface area contributed by atoms with E-state index in [0.29, 0.717) is 42.5 Å². The summed E-state index contributed by atoms with van der Waals surface area (Å²) in [5.74, 6) is 0.414. The smallest absolute Gasteiger partial charge is 0.305 e. The van der Waals surface area contributed by atoms with Crippen LogP contribution in [0.25, 0.3) is 11.8 Å². The average molecular weight is 583 g/mol. The van der Waals surface area contributed by atoms with Crippen LogP contribution in [0.5, 0.6) is 0 Å². The minimum Gasteiger partial charge on any atom is -0.462 e. The molecule has 7 atom stereocenters. The Kier molecular flexibility index (Phi) is 7.44. The van der Waals surface area contributed by atoms with Gasteiger partial charge in [0.25, 0.3) is 0 Å². The van der Waals surface area contributed by atoms with Gasteiger partial charge in [0, 0.05) is 24.5 Å². The number of esters is 1. The first kappa shape index (κ1) is 28.6. The van der Waals surface area contributed by atoms with Crippen LogP contribution in [0.4, 0.5) is 4.39 Å². The molecule has 0 spiro atoms. The molecule has 0 saturated heterocycles. The van der Waals surface area contributed by atoms with Crippen molar-refractivity contribution in [3.05, 3.63) is 52.6 Å². The van der Waals surface area contributed by atoms with Crippen LogP contribution in [-0.2, 0) is 20.7 Å². The molecule has 6 rings (SSSR count). The standard InChI is InChI=1S/C32H39FN2O5S/c1-5-27(37)40-26-13-12-23-21-11-6-18-14-24-22(15-31(18,2)28(21)25(36)16-32(23,26)3)29(30(38)41-17-39-4)34-35(24)20-9-7-19(33)8-10-20/h7-10,14,21,23,25-26,28,36H,5-6,11-13,15-17H2,1-4H3/t21-,23-,25-,26+,28+,31-,32-/m0/s1. The number of methoxy groups -OCH3 is 1. The highest BCUT2D eigenvalue weighted by molar-refractivity contribution is 8.14. The Hall–Kier alpha value is -2.49. The van der Waals surface area contributed by atoms with E-state index in [-0.39, 0.29) is 45.7 Å². The van der Waals surface area contributed by atoms with Gasteiger partial charge in [-0.25, -0.2) is 9.07 Å². The Morgan fingerprint density at radius 1 is 1.20 bits per heavy atom. The van der Waals surface area contributed by atoms with Crippen LogP contribution < -0.4 is 0 Å². The quantitative estimate of drug-likeness (QED) is 0.332. The van der Waals surface area contributed by atoms with Gasteiger partial charge in [-0.15, -0.1) is 0 Å². The van der Waals surface area contributed by atoms with Crippen molar-refractivity contribution >= 4 is 28.9 Å². The monoisotopic (exact) mass is 582 g/mol. The third-order valence-corrected chi connectivity index (χ3v) is 11.4. The van der Waals surface area contributed by atoms with Crippen LogP contribution in [0.2, 0.25) is 0 Å². The van der Waals surface area contributed by atoms with Crippen LogP contribution in [0.3, 0.4) is 0 Å². The second-order valence-corrected chi connectivity index (χ2v) is 13.6. The normalized spacial score (nSPS) is 33.7. The van der Waals surface area contributed by atoms with Gasteiger partial charge in [-0.3, -0.25) is 9.59 Å². The zero-order chi connectivity index (χ0) is 29.1. The molecule has 0 unspecified atom stereocenters. The molecular formula is C32H39FN2O5S. The lowest BCUT2D eigenvalue weighted by Crippen LogP contribution is -2.57. The number of benzene rings is 1. The Bertz CT molecular complexity index is 1390. The molecule has 0 radical (unpaired) electrons. The summed E-state index contributed by atoms with van der Waals surface area (Å²) in [6.07, 6.45) is 6.71. The van der Waals surface area contributed by atoms with Crippen LogP contribution in [0.15, 0.2) is 29.8 Å². The van der Waals surface area contributed by atoms with Crippen molar-refractivity contribution in [1.29, 1.82) is 0 Å². The van der Waals surface area contributed by atoms with Crippen molar-refractivity contribution in [3.63, 3.8) is 0 Å². The summed E-state index contributed by atoms with van der Waals surface area (Å²) in [5, 5.41) is 16.5. The molecule has 1 aromatic heterocycles. The van der Waals surface area contributed by atoms with Gasteiger partial charge in [-0.1, -0.05) is 38.1 Å². The highest BCUT2D eigenvalue weighted by atomic mass is 32.2. The van der Waals surface area contributed by atoms with Crippen molar-refractivity contribution < 1.29 is 28.6 Å². The van der Waals surface area contributed by atoms with Crippen molar-refractivity contribution in [2.45, 2.75) is 77.9 Å². The molecule has 3 fully saturated rings. The largest absolute Gasteiger partial charge is 0.462 e. The summed E-state index contributed by atoms with van der Waals surface area (Å²) < 4.78 is 26.6. The topological polar surface area (TPSA) is 90.7 Å². The predicted octanol–water partition coefficient (Wildman–Crippen LogP) is 5.96. The number of ether oxygens (including phenoxy) is 2. The van der Waals surface area contributed by atoms with E-state index in [1.807, 2.05) is 6.92 Å². The van der Waals surface area contributed by atoms with Crippen molar-refractivity contribution in [2.75, 3.05) is 13.0 Å². The number of fused-ring (bicyclic) bond motifs is 6. The van der Waals surface area contributed by atoms with Crippen molar-refractivity contribution in [1.82, 2.24) is 9.78 Å². The van der Waals surface area contributed by atoms with E-state index in [2.05, 4.69) is 19.9 Å². The second-order valence-electron chi connectivity index (χ2n) is 12.7. The van der Waals surface area contributed by atoms with Gasteiger partial charge >= 0.3 is 5.97 Å². The SMILES string of the molecule is CCC(=O)O[C@@H]1CC[C@H]2[C@@H]3CCC4=Cc5c(c(C(=O)SCOC)nn5-c5ccc(F)cc5)C[C@]4(C)[C@H]3[C@@H](O)C[C@]12C. The van der Waals surface area contributed by atoms with E-state index in [1.165, 1.54) is 17.7 Å². The van der Waals surface area contributed by atoms with Gasteiger partial charge in [0.05, 0.1) is 23.4 Å². The molecule has 0 bridgehead atoms. The molecule has 220 valence electrons. The maximum atomic E-state index is 13.7. The minimum absolute atomic E-state index is 0.0260. The average Bonchev–Trinajstić information content (AvgIpc) is 3.47. The Morgan fingerprint density at radius 2 is 1.95 bits per heavy atom. The Morgan fingerprint density at radius 3 is 2.66 bits per heavy atom. The molecule has 1 aromatic carbocycles. The van der Waals surface area contributed by atoms with Crippen molar-refractivity contribution in [3.8, 4) is 5.69 Å². The lowest BCUT2D eigenvalue weighted by atomic mass is 9.46. The fourth-order valence-corrected chi connectivity index (χ4v) is 9.30. The maximum Gasteiger partial charge on any atom is 0.305 e. The van der Waals surface area contributed by atoms with Crippen LogP contribution >= 0.6 is 11.8 Å². The van der Waals surface area contributed by atoms with Gasteiger partial charge in [0.1, 0.15) is 17.6 Å². The maximum absolute atomic E-state index is 13.7. The number of rotatable bonds is 6. The molecule has 41 heavy (non-hydrogen) atoms. The molecule has 0 amide bonds. The first-order chi connectivity index (χ1) is 19.6. The fraction of sp³-hybridized carbons (Fsp3) is 0.594. The molecule has 9 heteroatoms. The number of carbonyl (C=O) groups is 2. The van der Waals surface area contributed by atoms with Crippen molar-refractivity contribution in [2.24, 2.45) is 28.6 Å². The van der Waals surface area contributed by atoms with E-state index in [4.69, 9.17) is 14.6 Å². The summed E-state index contributed by atoms with van der Waals surface area (Å²) in [4.78, 5) is 25.6. The van der Waals surface area contributed by atoms with Gasteiger partial charge < -0.3 is 14.6 Å². The zero-order valence-corrected chi connectivity index (χ0v) is 25.0. The molecule has 2 aromatic rings.